The van der Waals surface area contributed by atoms with Crippen LogP contribution in [-0.2, 0) is 4.74 Å². The van der Waals surface area contributed by atoms with Crippen LogP contribution in [0.2, 0.25) is 0 Å². The normalized spacial score (nSPS) is 20.3. The predicted molar refractivity (Wildman–Crippen MR) is 75.3 cm³/mol. The van der Waals surface area contributed by atoms with Crippen LogP contribution in [-0.4, -0.2) is 47.8 Å². The van der Waals surface area contributed by atoms with Crippen molar-refractivity contribution in [3.8, 4) is 0 Å². The first-order valence-corrected chi connectivity index (χ1v) is 7.07. The average molecular weight is 261 g/mol. The van der Waals surface area contributed by atoms with E-state index < -0.39 is 0 Å². The quantitative estimate of drug-likeness (QED) is 0.774. The molecule has 94 valence electrons. The lowest BCUT2D eigenvalue weighted by molar-refractivity contribution is 0.0692. The molecule has 2 heterocycles. The van der Waals surface area contributed by atoms with Gasteiger partial charge in [0.25, 0.3) is 0 Å². The second-order valence-electron chi connectivity index (χ2n) is 4.18. The number of thioether (sulfide) groups is 1. The molecule has 0 amide bonds. The van der Waals surface area contributed by atoms with E-state index in [0.717, 1.165) is 48.5 Å². The Kier molecular flexibility index (Phi) is 3.61. The van der Waals surface area contributed by atoms with Crippen LogP contribution in [0.15, 0.2) is 40.5 Å². The molecule has 0 spiro atoms. The molecule has 2 aliphatic heterocycles. The molecule has 0 N–H and O–H groups in total. The van der Waals surface area contributed by atoms with Crippen molar-refractivity contribution in [2.24, 2.45) is 10.2 Å². The smallest absolute Gasteiger partial charge is 0.186 e. The summed E-state index contributed by atoms with van der Waals surface area (Å²) in [4.78, 5) is 2.25. The highest BCUT2D eigenvalue weighted by Gasteiger charge is 2.19. The van der Waals surface area contributed by atoms with Crippen LogP contribution >= 0.6 is 11.8 Å². The summed E-state index contributed by atoms with van der Waals surface area (Å²) in [6.45, 7) is 3.41. The number of morpholine rings is 1. The van der Waals surface area contributed by atoms with E-state index in [2.05, 4.69) is 27.2 Å². The van der Waals surface area contributed by atoms with E-state index in [-0.39, 0.29) is 0 Å². The molecule has 0 aromatic heterocycles. The number of amidine groups is 1. The summed E-state index contributed by atoms with van der Waals surface area (Å²) >= 11 is 1.76. The molecular weight excluding hydrogens is 246 g/mol. The summed E-state index contributed by atoms with van der Waals surface area (Å²) in [6.07, 6.45) is 0. The molecule has 2 aliphatic rings. The Morgan fingerprint density at radius 1 is 1.06 bits per heavy atom. The summed E-state index contributed by atoms with van der Waals surface area (Å²) < 4.78 is 5.34. The molecule has 18 heavy (non-hydrogen) atoms. The van der Waals surface area contributed by atoms with Gasteiger partial charge < -0.3 is 9.64 Å². The first-order chi connectivity index (χ1) is 8.93. The van der Waals surface area contributed by atoms with Gasteiger partial charge in [-0.05, 0) is 5.56 Å². The van der Waals surface area contributed by atoms with Gasteiger partial charge in [0, 0.05) is 18.8 Å². The molecule has 3 rings (SSSR count). The van der Waals surface area contributed by atoms with Gasteiger partial charge in [-0.2, -0.15) is 5.10 Å². The zero-order valence-electron chi connectivity index (χ0n) is 10.1. The third kappa shape index (κ3) is 2.57. The van der Waals surface area contributed by atoms with Crippen LogP contribution in [0.4, 0.5) is 0 Å². The molecule has 0 atom stereocenters. The molecule has 0 unspecified atom stereocenters. The van der Waals surface area contributed by atoms with E-state index in [9.17, 15) is 0 Å². The van der Waals surface area contributed by atoms with E-state index >= 15 is 0 Å². The van der Waals surface area contributed by atoms with Gasteiger partial charge in [-0.3, -0.25) is 0 Å². The van der Waals surface area contributed by atoms with Crippen LogP contribution in [0.5, 0.6) is 0 Å². The van der Waals surface area contributed by atoms with Crippen LogP contribution < -0.4 is 0 Å². The van der Waals surface area contributed by atoms with Crippen molar-refractivity contribution in [1.29, 1.82) is 0 Å². The molecule has 0 bridgehead atoms. The van der Waals surface area contributed by atoms with Crippen molar-refractivity contribution < 1.29 is 4.74 Å². The first kappa shape index (κ1) is 11.7. The second-order valence-corrected chi connectivity index (χ2v) is 5.13. The fourth-order valence-electron chi connectivity index (χ4n) is 1.97. The molecule has 1 fully saturated rings. The van der Waals surface area contributed by atoms with Gasteiger partial charge in [-0.25, -0.2) is 0 Å². The molecule has 5 heteroatoms. The molecule has 0 radical (unpaired) electrons. The Morgan fingerprint density at radius 3 is 2.50 bits per heavy atom. The molecule has 1 saturated heterocycles. The second kappa shape index (κ2) is 5.54. The topological polar surface area (TPSA) is 37.2 Å². The fourth-order valence-corrected chi connectivity index (χ4v) is 2.93. The van der Waals surface area contributed by atoms with Crippen molar-refractivity contribution in [3.05, 3.63) is 35.9 Å². The Hall–Kier alpha value is -1.33. The minimum atomic E-state index is 0.787. The van der Waals surface area contributed by atoms with Gasteiger partial charge in [0.2, 0.25) is 0 Å². The summed E-state index contributed by atoms with van der Waals surface area (Å²) in [5.74, 6) is 0.889. The largest absolute Gasteiger partial charge is 0.378 e. The molecule has 1 aromatic carbocycles. The van der Waals surface area contributed by atoms with E-state index in [1.54, 1.807) is 11.8 Å². The Morgan fingerprint density at radius 2 is 1.83 bits per heavy atom. The zero-order valence-corrected chi connectivity index (χ0v) is 10.9. The van der Waals surface area contributed by atoms with Crippen molar-refractivity contribution in [2.45, 2.75) is 0 Å². The highest BCUT2D eigenvalue weighted by Crippen LogP contribution is 2.18. The lowest BCUT2D eigenvalue weighted by Gasteiger charge is -2.29. The van der Waals surface area contributed by atoms with Crippen molar-refractivity contribution >= 4 is 22.6 Å². The maximum absolute atomic E-state index is 5.34. The number of rotatable bonds is 1. The van der Waals surface area contributed by atoms with E-state index in [1.807, 2.05) is 18.2 Å². The maximum atomic E-state index is 5.34. The van der Waals surface area contributed by atoms with Crippen molar-refractivity contribution in [3.63, 3.8) is 0 Å². The van der Waals surface area contributed by atoms with Crippen molar-refractivity contribution in [1.82, 2.24) is 4.90 Å². The minimum absolute atomic E-state index is 0.787. The predicted octanol–water partition coefficient (Wildman–Crippen LogP) is 1.83. The van der Waals surface area contributed by atoms with E-state index in [0.29, 0.717) is 0 Å². The number of ether oxygens (including phenoxy) is 1. The first-order valence-electron chi connectivity index (χ1n) is 6.09. The molecule has 0 aliphatic carbocycles. The lowest BCUT2D eigenvalue weighted by Crippen LogP contribution is -2.40. The van der Waals surface area contributed by atoms with Crippen molar-refractivity contribution in [2.75, 3.05) is 32.1 Å². The molecule has 1 aromatic rings. The summed E-state index contributed by atoms with van der Waals surface area (Å²) in [5.41, 5.74) is 2.22. The fraction of sp³-hybridized carbons (Fsp3) is 0.385. The highest BCUT2D eigenvalue weighted by atomic mass is 32.2. The Balaban J connectivity index is 1.74. The molecular formula is C13H15N3OS. The van der Waals surface area contributed by atoms with Gasteiger partial charge in [-0.15, -0.1) is 5.10 Å². The maximum Gasteiger partial charge on any atom is 0.186 e. The SMILES string of the molecule is c1ccc(C2=NN=C(N3CCOCC3)SC2)cc1. The average Bonchev–Trinajstić information content (AvgIpc) is 2.49. The summed E-state index contributed by atoms with van der Waals surface area (Å²) in [5, 5.41) is 9.73. The third-order valence-corrected chi connectivity index (χ3v) is 4.00. The number of hydrogen-bond acceptors (Lipinski definition) is 5. The van der Waals surface area contributed by atoms with E-state index in [1.165, 1.54) is 0 Å². The van der Waals surface area contributed by atoms with Gasteiger partial charge in [0.15, 0.2) is 5.17 Å². The zero-order chi connectivity index (χ0) is 12.2. The van der Waals surface area contributed by atoms with Gasteiger partial charge in [-0.1, -0.05) is 42.1 Å². The third-order valence-electron chi connectivity index (χ3n) is 2.98. The number of nitrogens with zero attached hydrogens (tertiary/aromatic N) is 3. The van der Waals surface area contributed by atoms with Crippen LogP contribution in [0.25, 0.3) is 0 Å². The van der Waals surface area contributed by atoms with Gasteiger partial charge >= 0.3 is 0 Å². The standard InChI is InChI=1S/C13H15N3OS/c1-2-4-11(5-3-1)12-10-18-13(15-14-12)16-6-8-17-9-7-16/h1-5H,6-10H2. The number of benzene rings is 1. The highest BCUT2D eigenvalue weighted by molar-refractivity contribution is 8.14. The summed E-state index contributed by atoms with van der Waals surface area (Å²) in [6, 6.07) is 10.2. The van der Waals surface area contributed by atoms with Crippen LogP contribution in [0.1, 0.15) is 5.56 Å². The minimum Gasteiger partial charge on any atom is -0.378 e. The summed E-state index contributed by atoms with van der Waals surface area (Å²) in [7, 11) is 0. The van der Waals surface area contributed by atoms with E-state index in [4.69, 9.17) is 4.74 Å². The van der Waals surface area contributed by atoms with Gasteiger partial charge in [0.1, 0.15) is 0 Å². The Labute approximate surface area is 111 Å². The monoisotopic (exact) mass is 261 g/mol. The number of hydrogen-bond donors (Lipinski definition) is 0. The Bertz CT molecular complexity index is 466. The lowest BCUT2D eigenvalue weighted by atomic mass is 10.1. The van der Waals surface area contributed by atoms with Crippen LogP contribution in [0, 0.1) is 0 Å². The van der Waals surface area contributed by atoms with Crippen LogP contribution in [0.3, 0.4) is 0 Å². The molecule has 0 saturated carbocycles. The molecule has 4 nitrogen and oxygen atoms in total. The van der Waals surface area contributed by atoms with Gasteiger partial charge in [0.05, 0.1) is 18.9 Å².